The molecule has 0 unspecified atom stereocenters. The normalized spacial score (nSPS) is 12.0. The van der Waals surface area contributed by atoms with E-state index in [1.54, 1.807) is 38.1 Å². The molecule has 1 atom stereocenters. The van der Waals surface area contributed by atoms with Crippen molar-refractivity contribution in [1.82, 2.24) is 10.2 Å². The molecule has 3 aromatic carbocycles. The lowest BCUT2D eigenvalue weighted by Crippen LogP contribution is -2.51. The van der Waals surface area contributed by atoms with Gasteiger partial charge < -0.3 is 10.2 Å². The second kappa shape index (κ2) is 12.0. The van der Waals surface area contributed by atoms with E-state index in [2.05, 4.69) is 5.32 Å². The first-order chi connectivity index (χ1) is 17.5. The number of rotatable bonds is 10. The molecule has 2 amide bonds. The van der Waals surface area contributed by atoms with E-state index < -0.39 is 34.3 Å². The first kappa shape index (κ1) is 27.9. The van der Waals surface area contributed by atoms with Crippen LogP contribution in [0, 0.1) is 19.7 Å². The fourth-order valence-electron chi connectivity index (χ4n) is 3.77. The largest absolute Gasteiger partial charge is 0.355 e. The van der Waals surface area contributed by atoms with Gasteiger partial charge >= 0.3 is 0 Å². The third-order valence-corrected chi connectivity index (χ3v) is 7.78. The van der Waals surface area contributed by atoms with E-state index in [4.69, 9.17) is 0 Å². The Morgan fingerprint density at radius 1 is 0.892 bits per heavy atom. The SMILES string of the molecule is CCNC(=O)[C@H](C)N(Cc1ccc(C)cc1)C(=O)CN(c1ccc(C)cc1)S(=O)(=O)c1ccc(F)cc1. The van der Waals surface area contributed by atoms with Crippen LogP contribution in [0.3, 0.4) is 0 Å². The highest BCUT2D eigenvalue weighted by molar-refractivity contribution is 7.92. The van der Waals surface area contributed by atoms with Gasteiger partial charge in [-0.25, -0.2) is 12.8 Å². The summed E-state index contributed by atoms with van der Waals surface area (Å²) in [6.45, 7) is 7.18. The van der Waals surface area contributed by atoms with Crippen LogP contribution in [0.15, 0.2) is 77.7 Å². The number of carbonyl (C=O) groups is 2. The zero-order valence-electron chi connectivity index (χ0n) is 21.4. The van der Waals surface area contributed by atoms with Crippen molar-refractivity contribution >= 4 is 27.5 Å². The molecule has 0 saturated carbocycles. The smallest absolute Gasteiger partial charge is 0.264 e. The summed E-state index contributed by atoms with van der Waals surface area (Å²) in [4.78, 5) is 27.7. The van der Waals surface area contributed by atoms with Crippen LogP contribution in [0.5, 0.6) is 0 Å². The molecule has 0 spiro atoms. The maximum Gasteiger partial charge on any atom is 0.264 e. The maximum atomic E-state index is 13.7. The van der Waals surface area contributed by atoms with Crippen LogP contribution in [0.25, 0.3) is 0 Å². The predicted molar refractivity (Wildman–Crippen MR) is 142 cm³/mol. The predicted octanol–water partition coefficient (Wildman–Crippen LogP) is 4.19. The fourth-order valence-corrected chi connectivity index (χ4v) is 5.18. The van der Waals surface area contributed by atoms with E-state index in [1.807, 2.05) is 38.1 Å². The number of sulfonamides is 1. The molecule has 196 valence electrons. The van der Waals surface area contributed by atoms with Crippen molar-refractivity contribution < 1.29 is 22.4 Å². The van der Waals surface area contributed by atoms with E-state index in [0.717, 1.165) is 45.3 Å². The first-order valence-electron chi connectivity index (χ1n) is 12.0. The van der Waals surface area contributed by atoms with E-state index >= 15 is 0 Å². The van der Waals surface area contributed by atoms with Gasteiger partial charge in [0.2, 0.25) is 11.8 Å². The van der Waals surface area contributed by atoms with Gasteiger partial charge in [0.15, 0.2) is 0 Å². The highest BCUT2D eigenvalue weighted by Gasteiger charge is 2.32. The number of anilines is 1. The van der Waals surface area contributed by atoms with Gasteiger partial charge in [0.25, 0.3) is 10.0 Å². The Morgan fingerprint density at radius 3 is 1.97 bits per heavy atom. The first-order valence-corrected chi connectivity index (χ1v) is 13.4. The average Bonchev–Trinajstić information content (AvgIpc) is 2.87. The molecule has 0 fully saturated rings. The van der Waals surface area contributed by atoms with Gasteiger partial charge in [-0.3, -0.25) is 13.9 Å². The molecule has 0 aliphatic rings. The molecule has 1 N–H and O–H groups in total. The van der Waals surface area contributed by atoms with Crippen molar-refractivity contribution in [3.8, 4) is 0 Å². The van der Waals surface area contributed by atoms with Gasteiger partial charge in [0, 0.05) is 13.1 Å². The van der Waals surface area contributed by atoms with Crippen LogP contribution >= 0.6 is 0 Å². The molecule has 0 heterocycles. The van der Waals surface area contributed by atoms with Gasteiger partial charge in [-0.05, 0) is 69.7 Å². The minimum absolute atomic E-state index is 0.121. The Labute approximate surface area is 218 Å². The number of likely N-dealkylation sites (N-methyl/N-ethyl adjacent to an activating group) is 1. The molecule has 0 aliphatic heterocycles. The van der Waals surface area contributed by atoms with Gasteiger partial charge in [-0.1, -0.05) is 47.5 Å². The second-order valence-electron chi connectivity index (χ2n) is 8.88. The van der Waals surface area contributed by atoms with Crippen molar-refractivity contribution in [2.75, 3.05) is 17.4 Å². The molecule has 9 heteroatoms. The minimum Gasteiger partial charge on any atom is -0.355 e. The van der Waals surface area contributed by atoms with E-state index in [-0.39, 0.29) is 23.0 Å². The Kier molecular flexibility index (Phi) is 9.04. The Bertz CT molecular complexity index is 1330. The van der Waals surface area contributed by atoms with Crippen molar-refractivity contribution in [1.29, 1.82) is 0 Å². The topological polar surface area (TPSA) is 86.8 Å². The summed E-state index contributed by atoms with van der Waals surface area (Å²) in [6.07, 6.45) is 0. The highest BCUT2D eigenvalue weighted by Crippen LogP contribution is 2.25. The summed E-state index contributed by atoms with van der Waals surface area (Å²) < 4.78 is 41.8. The lowest BCUT2D eigenvalue weighted by molar-refractivity contribution is -0.139. The molecule has 0 aliphatic carbocycles. The second-order valence-corrected chi connectivity index (χ2v) is 10.7. The van der Waals surface area contributed by atoms with Gasteiger partial charge in [-0.15, -0.1) is 0 Å². The number of hydrogen-bond acceptors (Lipinski definition) is 4. The number of amides is 2. The Morgan fingerprint density at radius 2 is 1.43 bits per heavy atom. The highest BCUT2D eigenvalue weighted by atomic mass is 32.2. The van der Waals surface area contributed by atoms with Gasteiger partial charge in [0.05, 0.1) is 10.6 Å². The molecule has 0 saturated heterocycles. The van der Waals surface area contributed by atoms with Gasteiger partial charge in [-0.2, -0.15) is 0 Å². The number of nitrogens with zero attached hydrogens (tertiary/aromatic N) is 2. The molecule has 0 aromatic heterocycles. The number of hydrogen-bond donors (Lipinski definition) is 1. The van der Waals surface area contributed by atoms with Crippen molar-refractivity contribution in [3.63, 3.8) is 0 Å². The molecule has 37 heavy (non-hydrogen) atoms. The van der Waals surface area contributed by atoms with Crippen molar-refractivity contribution in [2.45, 2.75) is 45.2 Å². The quantitative estimate of drug-likeness (QED) is 0.430. The molecule has 0 radical (unpaired) electrons. The van der Waals surface area contributed by atoms with Crippen LogP contribution in [-0.2, 0) is 26.2 Å². The van der Waals surface area contributed by atoms with E-state index in [0.29, 0.717) is 6.54 Å². The van der Waals surface area contributed by atoms with Crippen LogP contribution in [0.4, 0.5) is 10.1 Å². The third kappa shape index (κ3) is 6.95. The van der Waals surface area contributed by atoms with Crippen molar-refractivity contribution in [3.05, 3.63) is 95.3 Å². The van der Waals surface area contributed by atoms with Gasteiger partial charge in [0.1, 0.15) is 18.4 Å². The summed E-state index contributed by atoms with van der Waals surface area (Å²) in [7, 11) is -4.23. The van der Waals surface area contributed by atoms with Crippen LogP contribution in [0.2, 0.25) is 0 Å². The summed E-state index contributed by atoms with van der Waals surface area (Å²) in [5.41, 5.74) is 3.05. The summed E-state index contributed by atoms with van der Waals surface area (Å²) in [5.74, 6) is -1.46. The van der Waals surface area contributed by atoms with Crippen LogP contribution in [-0.4, -0.2) is 44.3 Å². The average molecular weight is 526 g/mol. The number of nitrogens with one attached hydrogen (secondary N) is 1. The van der Waals surface area contributed by atoms with Crippen LogP contribution < -0.4 is 9.62 Å². The molecule has 3 rings (SSSR count). The molecule has 0 bridgehead atoms. The Balaban J connectivity index is 2.01. The monoisotopic (exact) mass is 525 g/mol. The maximum absolute atomic E-state index is 13.7. The molecular weight excluding hydrogens is 493 g/mol. The third-order valence-electron chi connectivity index (χ3n) is 5.99. The number of carbonyl (C=O) groups excluding carboxylic acids is 2. The van der Waals surface area contributed by atoms with Crippen molar-refractivity contribution in [2.24, 2.45) is 0 Å². The number of benzene rings is 3. The zero-order valence-corrected chi connectivity index (χ0v) is 22.3. The fraction of sp³-hybridized carbons (Fsp3) is 0.286. The van der Waals surface area contributed by atoms with Crippen LogP contribution in [0.1, 0.15) is 30.5 Å². The molecule has 3 aromatic rings. The number of halogens is 1. The summed E-state index contributed by atoms with van der Waals surface area (Å²) in [5, 5.41) is 2.73. The minimum atomic E-state index is -4.23. The summed E-state index contributed by atoms with van der Waals surface area (Å²) >= 11 is 0. The standard InChI is InChI=1S/C28H32FN3O4S/c1-5-30-28(34)22(4)31(18-23-10-6-20(2)7-11-23)27(33)19-32(25-14-8-21(3)9-15-25)37(35,36)26-16-12-24(29)13-17-26/h6-17,22H,5,18-19H2,1-4H3,(H,30,34)/t22-/m0/s1. The Hall–Kier alpha value is -3.72. The van der Waals surface area contributed by atoms with E-state index in [9.17, 15) is 22.4 Å². The zero-order chi connectivity index (χ0) is 27.2. The van der Waals surface area contributed by atoms with E-state index in [1.165, 1.54) is 4.90 Å². The lowest BCUT2D eigenvalue weighted by atomic mass is 10.1. The number of aryl methyl sites for hydroxylation is 2. The lowest BCUT2D eigenvalue weighted by Gasteiger charge is -2.32. The molecule has 7 nitrogen and oxygen atoms in total. The summed E-state index contributed by atoms with van der Waals surface area (Å²) in [6, 6.07) is 17.9. The molecular formula is C28H32FN3O4S.